The summed E-state index contributed by atoms with van der Waals surface area (Å²) < 4.78 is 0. The van der Waals surface area contributed by atoms with Crippen LogP contribution in [0.25, 0.3) is 0 Å². The highest BCUT2D eigenvalue weighted by Gasteiger charge is 2.25. The van der Waals surface area contributed by atoms with Gasteiger partial charge in [0.1, 0.15) is 6.33 Å². The van der Waals surface area contributed by atoms with E-state index in [2.05, 4.69) is 15.0 Å². The lowest BCUT2D eigenvalue weighted by Crippen LogP contribution is -2.40. The van der Waals surface area contributed by atoms with Crippen LogP contribution < -0.4 is 0 Å². The Bertz CT molecular complexity index is 613. The molecule has 0 N–H and O–H groups in total. The third-order valence-corrected chi connectivity index (χ3v) is 4.62. The standard InChI is InChI=1S/C15H18N4OS/c1-11-18-13(9-21-11)7-15(20)19-6-2-3-12(8-19)14-4-5-16-10-17-14/h4-5,9-10,12H,2-3,6-8H2,1H3/t12-/m0/s1. The van der Waals surface area contributed by atoms with Crippen LogP contribution in [0.1, 0.15) is 35.2 Å². The maximum absolute atomic E-state index is 12.4. The Morgan fingerprint density at radius 2 is 2.43 bits per heavy atom. The lowest BCUT2D eigenvalue weighted by atomic mass is 9.94. The van der Waals surface area contributed by atoms with Gasteiger partial charge < -0.3 is 4.90 Å². The van der Waals surface area contributed by atoms with Gasteiger partial charge in [0.15, 0.2) is 0 Å². The molecule has 21 heavy (non-hydrogen) atoms. The maximum atomic E-state index is 12.4. The highest BCUT2D eigenvalue weighted by molar-refractivity contribution is 7.09. The summed E-state index contributed by atoms with van der Waals surface area (Å²) in [4.78, 5) is 27.0. The molecule has 0 radical (unpaired) electrons. The minimum absolute atomic E-state index is 0.166. The molecule has 1 amide bonds. The number of likely N-dealkylation sites (tertiary alicyclic amines) is 1. The van der Waals surface area contributed by atoms with E-state index in [0.29, 0.717) is 12.3 Å². The van der Waals surface area contributed by atoms with E-state index in [4.69, 9.17) is 0 Å². The number of carbonyl (C=O) groups is 1. The molecule has 0 unspecified atom stereocenters. The summed E-state index contributed by atoms with van der Waals surface area (Å²) in [5, 5.41) is 2.98. The van der Waals surface area contributed by atoms with Crippen LogP contribution in [-0.2, 0) is 11.2 Å². The normalized spacial score (nSPS) is 18.7. The molecule has 0 spiro atoms. The smallest absolute Gasteiger partial charge is 0.228 e. The van der Waals surface area contributed by atoms with Gasteiger partial charge in [0.2, 0.25) is 5.91 Å². The lowest BCUT2D eigenvalue weighted by Gasteiger charge is -2.32. The predicted molar refractivity (Wildman–Crippen MR) is 81.1 cm³/mol. The molecule has 0 aromatic carbocycles. The number of nitrogens with zero attached hydrogens (tertiary/aromatic N) is 4. The summed E-state index contributed by atoms with van der Waals surface area (Å²) in [6.07, 6.45) is 5.85. The number of rotatable bonds is 3. The van der Waals surface area contributed by atoms with Crippen LogP contribution in [0.15, 0.2) is 24.0 Å². The number of amides is 1. The van der Waals surface area contributed by atoms with E-state index in [9.17, 15) is 4.79 Å². The van der Waals surface area contributed by atoms with Gasteiger partial charge in [-0.1, -0.05) is 0 Å². The molecule has 6 heteroatoms. The average molecular weight is 302 g/mol. The molecule has 2 aromatic rings. The zero-order valence-corrected chi connectivity index (χ0v) is 12.8. The van der Waals surface area contributed by atoms with Gasteiger partial charge in [-0.05, 0) is 25.8 Å². The summed E-state index contributed by atoms with van der Waals surface area (Å²) in [7, 11) is 0. The van der Waals surface area contributed by atoms with Crippen LogP contribution in [0.2, 0.25) is 0 Å². The van der Waals surface area contributed by atoms with Crippen molar-refractivity contribution in [2.75, 3.05) is 13.1 Å². The van der Waals surface area contributed by atoms with Gasteiger partial charge in [0.25, 0.3) is 0 Å². The van der Waals surface area contributed by atoms with Crippen LogP contribution in [0.4, 0.5) is 0 Å². The number of aryl methyl sites for hydroxylation is 1. The summed E-state index contributed by atoms with van der Waals surface area (Å²) in [6, 6.07) is 1.95. The summed E-state index contributed by atoms with van der Waals surface area (Å²) in [6.45, 7) is 3.55. The van der Waals surface area contributed by atoms with Crippen LogP contribution >= 0.6 is 11.3 Å². The van der Waals surface area contributed by atoms with Crippen molar-refractivity contribution in [3.05, 3.63) is 40.4 Å². The molecule has 1 atom stereocenters. The number of hydrogen-bond acceptors (Lipinski definition) is 5. The first-order valence-electron chi connectivity index (χ1n) is 7.17. The number of hydrogen-bond donors (Lipinski definition) is 0. The van der Waals surface area contributed by atoms with Crippen LogP contribution in [0, 0.1) is 6.92 Å². The minimum atomic E-state index is 0.166. The summed E-state index contributed by atoms with van der Waals surface area (Å²) in [5.41, 5.74) is 1.92. The average Bonchev–Trinajstić information content (AvgIpc) is 2.93. The van der Waals surface area contributed by atoms with Gasteiger partial charge in [-0.15, -0.1) is 11.3 Å². The molecule has 0 aliphatic carbocycles. The monoisotopic (exact) mass is 302 g/mol. The fourth-order valence-corrected chi connectivity index (χ4v) is 3.36. The second-order valence-electron chi connectivity index (χ2n) is 5.35. The van der Waals surface area contributed by atoms with Crippen molar-refractivity contribution in [2.45, 2.75) is 32.1 Å². The van der Waals surface area contributed by atoms with Gasteiger partial charge in [-0.2, -0.15) is 0 Å². The molecular formula is C15H18N4OS. The highest BCUT2D eigenvalue weighted by atomic mass is 32.1. The van der Waals surface area contributed by atoms with Crippen molar-refractivity contribution in [1.82, 2.24) is 19.9 Å². The first kappa shape index (κ1) is 14.1. The summed E-state index contributed by atoms with van der Waals surface area (Å²) in [5.74, 6) is 0.488. The first-order valence-corrected chi connectivity index (χ1v) is 8.05. The first-order chi connectivity index (χ1) is 10.2. The van der Waals surface area contributed by atoms with Crippen molar-refractivity contribution in [3.8, 4) is 0 Å². The van der Waals surface area contributed by atoms with Crippen molar-refractivity contribution < 1.29 is 4.79 Å². The van der Waals surface area contributed by atoms with Crippen molar-refractivity contribution in [2.24, 2.45) is 0 Å². The maximum Gasteiger partial charge on any atom is 0.228 e. The van der Waals surface area contributed by atoms with E-state index in [1.54, 1.807) is 23.9 Å². The number of piperidine rings is 1. The van der Waals surface area contributed by atoms with E-state index < -0.39 is 0 Å². The Kier molecular flexibility index (Phi) is 4.24. The molecule has 1 fully saturated rings. The SMILES string of the molecule is Cc1nc(CC(=O)N2CCC[C@H](c3ccncn3)C2)cs1. The van der Waals surface area contributed by atoms with Gasteiger partial charge >= 0.3 is 0 Å². The molecule has 1 aliphatic rings. The topological polar surface area (TPSA) is 59.0 Å². The zero-order valence-electron chi connectivity index (χ0n) is 12.0. The Morgan fingerprint density at radius 1 is 1.52 bits per heavy atom. The van der Waals surface area contributed by atoms with Gasteiger partial charge in [-0.25, -0.2) is 15.0 Å². The predicted octanol–water partition coefficient (Wildman–Crippen LogP) is 2.19. The van der Waals surface area contributed by atoms with E-state index in [-0.39, 0.29) is 5.91 Å². The highest BCUT2D eigenvalue weighted by Crippen LogP contribution is 2.25. The fourth-order valence-electron chi connectivity index (χ4n) is 2.74. The molecule has 110 valence electrons. The van der Waals surface area contributed by atoms with E-state index in [0.717, 1.165) is 42.3 Å². The molecule has 2 aromatic heterocycles. The lowest BCUT2D eigenvalue weighted by molar-refractivity contribution is -0.131. The number of carbonyl (C=O) groups excluding carboxylic acids is 1. The molecule has 3 heterocycles. The van der Waals surface area contributed by atoms with Gasteiger partial charge in [-0.3, -0.25) is 4.79 Å². The Morgan fingerprint density at radius 3 is 3.14 bits per heavy atom. The molecule has 1 aliphatic heterocycles. The third kappa shape index (κ3) is 3.44. The molecular weight excluding hydrogens is 284 g/mol. The van der Waals surface area contributed by atoms with Gasteiger partial charge in [0, 0.05) is 36.3 Å². The quantitative estimate of drug-likeness (QED) is 0.872. The van der Waals surface area contributed by atoms with E-state index in [1.165, 1.54) is 0 Å². The fraction of sp³-hybridized carbons (Fsp3) is 0.467. The largest absolute Gasteiger partial charge is 0.342 e. The Balaban J connectivity index is 1.64. The van der Waals surface area contributed by atoms with Crippen molar-refractivity contribution >= 4 is 17.2 Å². The third-order valence-electron chi connectivity index (χ3n) is 3.80. The van der Waals surface area contributed by atoms with Gasteiger partial charge in [0.05, 0.1) is 17.1 Å². The molecule has 1 saturated heterocycles. The van der Waals surface area contributed by atoms with E-state index >= 15 is 0 Å². The van der Waals surface area contributed by atoms with Crippen LogP contribution in [0.3, 0.4) is 0 Å². The van der Waals surface area contributed by atoms with Crippen molar-refractivity contribution in [3.63, 3.8) is 0 Å². The number of aromatic nitrogens is 3. The molecule has 0 saturated carbocycles. The van der Waals surface area contributed by atoms with Crippen LogP contribution in [-0.4, -0.2) is 38.8 Å². The molecule has 0 bridgehead atoms. The van der Waals surface area contributed by atoms with E-state index in [1.807, 2.05) is 23.3 Å². The number of thiazole rings is 1. The molecule has 5 nitrogen and oxygen atoms in total. The minimum Gasteiger partial charge on any atom is -0.342 e. The second kappa shape index (κ2) is 6.30. The Hall–Kier alpha value is -1.82. The van der Waals surface area contributed by atoms with Crippen molar-refractivity contribution in [1.29, 1.82) is 0 Å². The summed E-state index contributed by atoms with van der Waals surface area (Å²) >= 11 is 1.59. The Labute approximate surface area is 128 Å². The molecule has 3 rings (SSSR count). The zero-order chi connectivity index (χ0) is 14.7. The second-order valence-corrected chi connectivity index (χ2v) is 6.41. The van der Waals surface area contributed by atoms with Crippen LogP contribution in [0.5, 0.6) is 0 Å².